The van der Waals surface area contributed by atoms with Gasteiger partial charge in [-0.1, -0.05) is 0 Å². The minimum Gasteiger partial charge on any atom is -0.496 e. The normalized spacial score (nSPS) is 32.5. The van der Waals surface area contributed by atoms with Crippen LogP contribution in [0.1, 0.15) is 87.9 Å². The molecule has 5 saturated carbocycles. The number of halogens is 1. The third-order valence-electron chi connectivity index (χ3n) is 10.7. The minimum atomic E-state index is -0.930. The Morgan fingerprint density at radius 3 is 2.39 bits per heavy atom. The van der Waals surface area contributed by atoms with E-state index < -0.39 is 29.2 Å². The van der Waals surface area contributed by atoms with Crippen molar-refractivity contribution >= 4 is 17.8 Å². The predicted octanol–water partition coefficient (Wildman–Crippen LogP) is 4.94. The highest BCUT2D eigenvalue weighted by atomic mass is 19.1. The summed E-state index contributed by atoms with van der Waals surface area (Å²) < 4.78 is 27.2. The number of ether oxygens (including phenoxy) is 2. The van der Waals surface area contributed by atoms with E-state index in [2.05, 4.69) is 10.6 Å². The highest BCUT2D eigenvalue weighted by Gasteiger charge is 2.52. The van der Waals surface area contributed by atoms with Crippen LogP contribution in [-0.4, -0.2) is 48.7 Å². The molecule has 2 unspecified atom stereocenters. The Hall–Kier alpha value is -2.84. The van der Waals surface area contributed by atoms with E-state index in [1.54, 1.807) is 6.92 Å². The molecular weight excluding hydrogens is 527 g/mol. The minimum absolute atomic E-state index is 0.0112. The van der Waals surface area contributed by atoms with Crippen molar-refractivity contribution in [3.05, 3.63) is 23.5 Å². The zero-order chi connectivity index (χ0) is 28.9. The molecule has 9 heteroatoms. The molecule has 5 aliphatic rings. The molecular formula is C32H43FN2O6. The van der Waals surface area contributed by atoms with Crippen LogP contribution in [0.2, 0.25) is 0 Å². The molecule has 5 aliphatic carbocycles. The summed E-state index contributed by atoms with van der Waals surface area (Å²) in [5, 5.41) is 15.9. The second-order valence-electron chi connectivity index (χ2n) is 13.6. The number of rotatable bonds is 11. The lowest BCUT2D eigenvalue weighted by Gasteiger charge is -2.35. The fourth-order valence-electron chi connectivity index (χ4n) is 8.12. The summed E-state index contributed by atoms with van der Waals surface area (Å²) in [5.41, 5.74) is -1.17. The summed E-state index contributed by atoms with van der Waals surface area (Å²) >= 11 is 0. The van der Waals surface area contributed by atoms with E-state index in [-0.39, 0.29) is 53.2 Å². The second-order valence-corrected chi connectivity index (χ2v) is 13.6. The van der Waals surface area contributed by atoms with E-state index in [9.17, 15) is 19.5 Å². The van der Waals surface area contributed by atoms with Gasteiger partial charge in [0.1, 0.15) is 11.3 Å². The van der Waals surface area contributed by atoms with Crippen molar-refractivity contribution in [3.8, 4) is 11.5 Å². The zero-order valence-corrected chi connectivity index (χ0v) is 24.1. The number of hydrogen-bond donors (Lipinski definition) is 3. The molecule has 6 rings (SSSR count). The number of aliphatic carboxylic acids is 1. The first-order valence-electron chi connectivity index (χ1n) is 15.5. The van der Waals surface area contributed by atoms with Crippen molar-refractivity contribution < 1.29 is 33.4 Å². The molecule has 224 valence electrons. The maximum atomic E-state index is 15.9. The third kappa shape index (κ3) is 5.65. The molecule has 1 aromatic rings. The van der Waals surface area contributed by atoms with E-state index >= 15 is 4.39 Å². The van der Waals surface area contributed by atoms with Gasteiger partial charge in [-0.2, -0.15) is 0 Å². The molecule has 8 nitrogen and oxygen atoms in total. The molecule has 5 fully saturated rings. The van der Waals surface area contributed by atoms with Crippen LogP contribution in [0, 0.1) is 46.7 Å². The first-order chi connectivity index (χ1) is 19.7. The van der Waals surface area contributed by atoms with Gasteiger partial charge in [-0.05, 0) is 113 Å². The van der Waals surface area contributed by atoms with Gasteiger partial charge in [0.25, 0.3) is 5.91 Å². The molecule has 41 heavy (non-hydrogen) atoms. The number of benzene rings is 1. The maximum absolute atomic E-state index is 15.9. The summed E-state index contributed by atoms with van der Waals surface area (Å²) in [6, 6.07) is 2.58. The lowest BCUT2D eigenvalue weighted by atomic mass is 9.74. The number of nitrogens with one attached hydrogen (secondary N) is 2. The summed E-state index contributed by atoms with van der Waals surface area (Å²) in [7, 11) is 1.38. The lowest BCUT2D eigenvalue weighted by molar-refractivity contribution is -0.151. The number of carbonyl (C=O) groups excluding carboxylic acids is 2. The van der Waals surface area contributed by atoms with E-state index in [1.165, 1.54) is 44.9 Å². The quantitative estimate of drug-likeness (QED) is 0.347. The average Bonchev–Trinajstić information content (AvgIpc) is 3.88. The fraction of sp³-hybridized carbons (Fsp3) is 0.719. The molecule has 1 aromatic carbocycles. The topological polar surface area (TPSA) is 114 Å². The molecule has 2 amide bonds. The van der Waals surface area contributed by atoms with Gasteiger partial charge in [-0.25, -0.2) is 4.39 Å². The van der Waals surface area contributed by atoms with Crippen molar-refractivity contribution in [1.29, 1.82) is 0 Å². The number of fused-ring (bicyclic) bond motifs is 2. The van der Waals surface area contributed by atoms with Crippen LogP contribution in [0.3, 0.4) is 0 Å². The smallest absolute Gasteiger partial charge is 0.309 e. The Morgan fingerprint density at radius 2 is 1.73 bits per heavy atom. The SMILES string of the molecule is COc1ccc(OC2CCCC(C)(C(=O)O)C2)c(F)c1C(=O)N[C@@H]1[C@H]2CC[C@H](C2)[C@@H]1C(=O)NCC(C1CC1)C1CC1. The number of carboxylic acids is 1. The Balaban J connectivity index is 1.16. The van der Waals surface area contributed by atoms with Crippen molar-refractivity contribution in [2.24, 2.45) is 40.9 Å². The Labute approximate surface area is 241 Å². The molecule has 0 aliphatic heterocycles. The van der Waals surface area contributed by atoms with Crippen LogP contribution in [0.4, 0.5) is 4.39 Å². The second kappa shape index (κ2) is 11.1. The Bertz CT molecular complexity index is 1190. The Morgan fingerprint density at radius 1 is 1.05 bits per heavy atom. The monoisotopic (exact) mass is 570 g/mol. The first-order valence-corrected chi connectivity index (χ1v) is 15.5. The summed E-state index contributed by atoms with van der Waals surface area (Å²) in [4.78, 5) is 38.9. The Kier molecular flexibility index (Phi) is 7.66. The number of carbonyl (C=O) groups is 3. The van der Waals surface area contributed by atoms with Gasteiger partial charge < -0.3 is 25.2 Å². The van der Waals surface area contributed by atoms with Gasteiger partial charge in [0.15, 0.2) is 11.6 Å². The van der Waals surface area contributed by atoms with Gasteiger partial charge in [0.2, 0.25) is 5.91 Å². The third-order valence-corrected chi connectivity index (χ3v) is 10.7. The van der Waals surface area contributed by atoms with Crippen LogP contribution in [0.5, 0.6) is 11.5 Å². The fourth-order valence-corrected chi connectivity index (χ4v) is 8.12. The molecule has 2 bridgehead atoms. The van der Waals surface area contributed by atoms with E-state index in [1.807, 2.05) is 0 Å². The largest absolute Gasteiger partial charge is 0.496 e. The van der Waals surface area contributed by atoms with Crippen LogP contribution in [0.15, 0.2) is 12.1 Å². The van der Waals surface area contributed by atoms with E-state index in [0.29, 0.717) is 31.7 Å². The summed E-state index contributed by atoms with van der Waals surface area (Å²) in [6.07, 6.45) is 9.47. The molecule has 0 radical (unpaired) electrons. The van der Waals surface area contributed by atoms with Crippen LogP contribution in [0.25, 0.3) is 0 Å². The number of methoxy groups -OCH3 is 1. The number of carboxylic acid groups (broad SMARTS) is 1. The van der Waals surface area contributed by atoms with Gasteiger partial charge in [0, 0.05) is 19.0 Å². The highest BCUT2D eigenvalue weighted by molar-refractivity contribution is 5.98. The molecule has 0 spiro atoms. The molecule has 0 aromatic heterocycles. The molecule has 0 heterocycles. The first kappa shape index (κ1) is 28.3. The van der Waals surface area contributed by atoms with Gasteiger partial charge >= 0.3 is 5.97 Å². The van der Waals surface area contributed by atoms with Gasteiger partial charge in [-0.15, -0.1) is 0 Å². The molecule has 6 atom stereocenters. The van der Waals surface area contributed by atoms with Crippen molar-refractivity contribution in [3.63, 3.8) is 0 Å². The van der Waals surface area contributed by atoms with E-state index in [4.69, 9.17) is 9.47 Å². The van der Waals surface area contributed by atoms with Gasteiger partial charge in [-0.3, -0.25) is 14.4 Å². The molecule has 0 saturated heterocycles. The van der Waals surface area contributed by atoms with E-state index in [0.717, 1.165) is 31.1 Å². The van der Waals surface area contributed by atoms with Crippen molar-refractivity contribution in [2.45, 2.75) is 89.7 Å². The summed E-state index contributed by atoms with van der Waals surface area (Å²) in [5.74, 6) is -0.170. The van der Waals surface area contributed by atoms with Crippen molar-refractivity contribution in [2.75, 3.05) is 13.7 Å². The van der Waals surface area contributed by atoms with Crippen LogP contribution in [-0.2, 0) is 9.59 Å². The zero-order valence-electron chi connectivity index (χ0n) is 24.1. The van der Waals surface area contributed by atoms with Gasteiger partial charge in [0.05, 0.1) is 24.5 Å². The average molecular weight is 571 g/mol. The van der Waals surface area contributed by atoms with Crippen LogP contribution < -0.4 is 20.1 Å². The molecule has 3 N–H and O–H groups in total. The number of amides is 2. The summed E-state index contributed by atoms with van der Waals surface area (Å²) in [6.45, 7) is 2.40. The predicted molar refractivity (Wildman–Crippen MR) is 149 cm³/mol. The lowest BCUT2D eigenvalue weighted by Crippen LogP contribution is -2.50. The standard InChI is InChI=1S/C32H43FN2O6/c1-32(31(38)39)13-3-4-21(15-32)41-24-12-11-23(40-2)26(27(24)33)30(37)35-28-20-10-9-19(14-20)25(28)29(36)34-16-22(17-5-6-17)18-7-8-18/h11-12,17-22,25,28H,3-10,13-16H2,1-2H3,(H,34,36)(H,35,37)(H,38,39)/t19-,20+,21?,25+,28-,32?/m1/s1. The number of hydrogen-bond acceptors (Lipinski definition) is 5. The highest BCUT2D eigenvalue weighted by Crippen LogP contribution is 2.50. The van der Waals surface area contributed by atoms with Crippen molar-refractivity contribution in [1.82, 2.24) is 10.6 Å². The maximum Gasteiger partial charge on any atom is 0.309 e. The van der Waals surface area contributed by atoms with Crippen LogP contribution >= 0.6 is 0 Å².